The van der Waals surface area contributed by atoms with Crippen LogP contribution in [0.15, 0.2) is 41.8 Å². The van der Waals surface area contributed by atoms with Crippen molar-refractivity contribution < 1.29 is 4.79 Å². The van der Waals surface area contributed by atoms with Crippen molar-refractivity contribution in [2.45, 2.75) is 25.8 Å². The van der Waals surface area contributed by atoms with Crippen LogP contribution in [0.3, 0.4) is 0 Å². The summed E-state index contributed by atoms with van der Waals surface area (Å²) in [6.45, 7) is 2.13. The number of thiophene rings is 1. The average Bonchev–Trinajstić information content (AvgIpc) is 2.92. The summed E-state index contributed by atoms with van der Waals surface area (Å²) in [6.07, 6.45) is 2.10. The van der Waals surface area contributed by atoms with Gasteiger partial charge in [0.05, 0.1) is 4.88 Å². The minimum atomic E-state index is 0.129. The van der Waals surface area contributed by atoms with Crippen LogP contribution in [0.2, 0.25) is 0 Å². The van der Waals surface area contributed by atoms with E-state index in [2.05, 4.69) is 19.1 Å². The van der Waals surface area contributed by atoms with Crippen molar-refractivity contribution in [2.75, 3.05) is 4.90 Å². The van der Waals surface area contributed by atoms with Gasteiger partial charge in [-0.25, -0.2) is 0 Å². The van der Waals surface area contributed by atoms with Crippen LogP contribution in [0.4, 0.5) is 5.69 Å². The zero-order valence-electron chi connectivity index (χ0n) is 10.3. The molecule has 2 nitrogen and oxygen atoms in total. The topological polar surface area (TPSA) is 20.3 Å². The molecule has 1 aromatic carbocycles. The molecule has 1 aliphatic heterocycles. The Hall–Kier alpha value is -1.61. The highest BCUT2D eigenvalue weighted by atomic mass is 32.1. The summed E-state index contributed by atoms with van der Waals surface area (Å²) >= 11 is 1.51. The molecule has 0 spiro atoms. The summed E-state index contributed by atoms with van der Waals surface area (Å²) in [5.41, 5.74) is 2.36. The maximum Gasteiger partial charge on any atom is 0.268 e. The number of fused-ring (bicyclic) bond motifs is 1. The van der Waals surface area contributed by atoms with Gasteiger partial charge in [-0.05, 0) is 42.8 Å². The molecule has 3 heteroatoms. The highest BCUT2D eigenvalue weighted by Gasteiger charge is 2.28. The van der Waals surface area contributed by atoms with Crippen LogP contribution in [0.5, 0.6) is 0 Å². The van der Waals surface area contributed by atoms with Crippen LogP contribution in [-0.2, 0) is 6.42 Å². The van der Waals surface area contributed by atoms with Crippen molar-refractivity contribution in [1.82, 2.24) is 0 Å². The molecule has 3 rings (SSSR count). The van der Waals surface area contributed by atoms with Gasteiger partial charge in [0.1, 0.15) is 0 Å². The van der Waals surface area contributed by atoms with Crippen LogP contribution in [0, 0.1) is 0 Å². The van der Waals surface area contributed by atoms with Crippen molar-refractivity contribution in [3.05, 3.63) is 52.2 Å². The van der Waals surface area contributed by atoms with Gasteiger partial charge in [0.25, 0.3) is 5.91 Å². The first-order valence-corrected chi connectivity index (χ1v) is 7.10. The van der Waals surface area contributed by atoms with Crippen molar-refractivity contribution >= 4 is 22.9 Å². The fourth-order valence-electron chi connectivity index (χ4n) is 2.52. The van der Waals surface area contributed by atoms with Gasteiger partial charge in [-0.2, -0.15) is 0 Å². The number of aryl methyl sites for hydroxylation is 1. The predicted octanol–water partition coefficient (Wildman–Crippen LogP) is 3.73. The summed E-state index contributed by atoms with van der Waals surface area (Å²) in [4.78, 5) is 15.3. The quantitative estimate of drug-likeness (QED) is 0.762. The minimum Gasteiger partial charge on any atom is -0.305 e. The highest BCUT2D eigenvalue weighted by molar-refractivity contribution is 7.12. The van der Waals surface area contributed by atoms with Gasteiger partial charge >= 0.3 is 0 Å². The molecule has 92 valence electrons. The SMILES string of the molecule is C[C@H]1CCc2ccccc2N1C(=O)c1cccs1. The number of para-hydroxylation sites is 1. The second kappa shape index (κ2) is 4.58. The number of hydrogen-bond acceptors (Lipinski definition) is 2. The van der Waals surface area contributed by atoms with E-state index in [1.807, 2.05) is 34.5 Å². The van der Waals surface area contributed by atoms with E-state index >= 15 is 0 Å². The maximum atomic E-state index is 12.6. The molecule has 0 bridgehead atoms. The Bertz CT molecular complexity index is 562. The second-order valence-corrected chi connectivity index (χ2v) is 5.62. The third kappa shape index (κ3) is 1.85. The summed E-state index contributed by atoms with van der Waals surface area (Å²) < 4.78 is 0. The zero-order valence-corrected chi connectivity index (χ0v) is 11.1. The van der Waals surface area contributed by atoms with E-state index in [0.29, 0.717) is 0 Å². The molecule has 1 amide bonds. The number of rotatable bonds is 1. The zero-order chi connectivity index (χ0) is 12.5. The summed E-state index contributed by atoms with van der Waals surface area (Å²) in [5.74, 6) is 0.129. The van der Waals surface area contributed by atoms with Crippen LogP contribution in [-0.4, -0.2) is 11.9 Å². The number of benzene rings is 1. The third-order valence-corrected chi connectivity index (χ3v) is 4.33. The number of carbonyl (C=O) groups excluding carboxylic acids is 1. The Morgan fingerprint density at radius 2 is 2.11 bits per heavy atom. The standard InChI is InChI=1S/C15H15NOS/c1-11-8-9-12-5-2-3-6-13(12)16(11)15(17)14-7-4-10-18-14/h2-7,10-11H,8-9H2,1H3/t11-/m0/s1. The summed E-state index contributed by atoms with van der Waals surface area (Å²) in [5, 5.41) is 1.95. The fraction of sp³-hybridized carbons (Fsp3) is 0.267. The minimum absolute atomic E-state index is 0.129. The van der Waals surface area contributed by atoms with Crippen LogP contribution in [0.25, 0.3) is 0 Å². The predicted molar refractivity (Wildman–Crippen MR) is 75.4 cm³/mol. The lowest BCUT2D eigenvalue weighted by atomic mass is 9.96. The number of anilines is 1. The molecule has 0 saturated carbocycles. The number of nitrogens with zero attached hydrogens (tertiary/aromatic N) is 1. The smallest absolute Gasteiger partial charge is 0.268 e. The number of hydrogen-bond donors (Lipinski definition) is 0. The highest BCUT2D eigenvalue weighted by Crippen LogP contribution is 2.32. The molecule has 0 aliphatic carbocycles. The number of amides is 1. The molecule has 0 fully saturated rings. The first-order valence-electron chi connectivity index (χ1n) is 6.22. The molecular formula is C15H15NOS. The molecule has 1 aliphatic rings. The Labute approximate surface area is 111 Å². The van der Waals surface area contributed by atoms with Gasteiger partial charge in [-0.1, -0.05) is 24.3 Å². The lowest BCUT2D eigenvalue weighted by molar-refractivity contribution is 0.0979. The van der Waals surface area contributed by atoms with Crippen LogP contribution >= 0.6 is 11.3 Å². The molecule has 0 unspecified atom stereocenters. The molecule has 1 atom stereocenters. The van der Waals surface area contributed by atoms with Gasteiger partial charge in [0.15, 0.2) is 0 Å². The van der Waals surface area contributed by atoms with E-state index in [9.17, 15) is 4.79 Å². The number of carbonyl (C=O) groups is 1. The van der Waals surface area contributed by atoms with E-state index in [0.717, 1.165) is 23.4 Å². The lowest BCUT2D eigenvalue weighted by Crippen LogP contribution is -2.41. The molecule has 0 saturated heterocycles. The van der Waals surface area contributed by atoms with E-state index in [4.69, 9.17) is 0 Å². The first-order chi connectivity index (χ1) is 8.77. The van der Waals surface area contributed by atoms with Gasteiger partial charge < -0.3 is 4.90 Å². The Kier molecular flexibility index (Phi) is 2.92. The van der Waals surface area contributed by atoms with Crippen molar-refractivity contribution in [3.8, 4) is 0 Å². The largest absolute Gasteiger partial charge is 0.305 e. The van der Waals surface area contributed by atoms with E-state index in [1.165, 1.54) is 16.9 Å². The molecule has 1 aromatic heterocycles. The van der Waals surface area contributed by atoms with Gasteiger partial charge in [0.2, 0.25) is 0 Å². The van der Waals surface area contributed by atoms with Crippen molar-refractivity contribution in [3.63, 3.8) is 0 Å². The normalized spacial score (nSPS) is 18.5. The molecular weight excluding hydrogens is 242 g/mol. The van der Waals surface area contributed by atoms with E-state index in [-0.39, 0.29) is 11.9 Å². The summed E-state index contributed by atoms with van der Waals surface area (Å²) in [6, 6.07) is 12.3. The lowest BCUT2D eigenvalue weighted by Gasteiger charge is -2.35. The van der Waals surface area contributed by atoms with Gasteiger partial charge in [0, 0.05) is 11.7 Å². The van der Waals surface area contributed by atoms with Gasteiger partial charge in [-0.3, -0.25) is 4.79 Å². The molecule has 2 heterocycles. The van der Waals surface area contributed by atoms with E-state index < -0.39 is 0 Å². The summed E-state index contributed by atoms with van der Waals surface area (Å²) in [7, 11) is 0. The molecule has 0 N–H and O–H groups in total. The average molecular weight is 257 g/mol. The monoisotopic (exact) mass is 257 g/mol. The Morgan fingerprint density at radius 3 is 2.89 bits per heavy atom. The first kappa shape index (κ1) is 11.5. The molecule has 18 heavy (non-hydrogen) atoms. The van der Waals surface area contributed by atoms with Crippen LogP contribution < -0.4 is 4.90 Å². The second-order valence-electron chi connectivity index (χ2n) is 4.67. The maximum absolute atomic E-state index is 12.6. The fourth-order valence-corrected chi connectivity index (χ4v) is 3.18. The van der Waals surface area contributed by atoms with Crippen molar-refractivity contribution in [1.29, 1.82) is 0 Å². The van der Waals surface area contributed by atoms with E-state index in [1.54, 1.807) is 0 Å². The van der Waals surface area contributed by atoms with Crippen LogP contribution in [0.1, 0.15) is 28.6 Å². The molecule has 2 aromatic rings. The Balaban J connectivity index is 2.03. The van der Waals surface area contributed by atoms with Crippen molar-refractivity contribution in [2.24, 2.45) is 0 Å². The molecule has 0 radical (unpaired) electrons. The Morgan fingerprint density at radius 1 is 1.28 bits per heavy atom. The third-order valence-electron chi connectivity index (χ3n) is 3.47. The van der Waals surface area contributed by atoms with Gasteiger partial charge in [-0.15, -0.1) is 11.3 Å².